The van der Waals surface area contributed by atoms with Gasteiger partial charge < -0.3 is 14.8 Å². The summed E-state index contributed by atoms with van der Waals surface area (Å²) < 4.78 is 10.7. The van der Waals surface area contributed by atoms with Crippen LogP contribution in [0, 0.1) is 0 Å². The molecule has 1 N–H and O–H groups in total. The van der Waals surface area contributed by atoms with Crippen LogP contribution < -0.4 is 10.1 Å². The van der Waals surface area contributed by atoms with Crippen molar-refractivity contribution in [3.05, 3.63) is 64.7 Å². The summed E-state index contributed by atoms with van der Waals surface area (Å²) in [6, 6.07) is 13.9. The second-order valence-corrected chi connectivity index (χ2v) is 6.14. The van der Waals surface area contributed by atoms with E-state index in [2.05, 4.69) is 5.32 Å². The molecule has 0 bridgehead atoms. The number of carbonyl (C=O) groups excluding carboxylic acids is 2. The van der Waals surface area contributed by atoms with Crippen LogP contribution in [0.4, 0.5) is 0 Å². The molecule has 0 aliphatic carbocycles. The molecule has 5 nitrogen and oxygen atoms in total. The standard InChI is InChI=1S/C20H22ClNO4/c1-3-12-25-17-10-8-15(9-11-17)20(24)26-14(2)19(23)22-13-16-6-4-5-7-18(16)21/h4-11,14H,3,12-13H2,1-2H3,(H,22,23)/t14-/m1/s1. The van der Waals surface area contributed by atoms with Crippen LogP contribution in [0.15, 0.2) is 48.5 Å². The molecule has 0 aliphatic heterocycles. The van der Waals surface area contributed by atoms with E-state index in [9.17, 15) is 9.59 Å². The summed E-state index contributed by atoms with van der Waals surface area (Å²) in [4.78, 5) is 24.3. The number of hydrogen-bond acceptors (Lipinski definition) is 4. The smallest absolute Gasteiger partial charge is 0.338 e. The third-order valence-electron chi connectivity index (χ3n) is 3.63. The normalized spacial score (nSPS) is 11.5. The molecule has 26 heavy (non-hydrogen) atoms. The van der Waals surface area contributed by atoms with Crippen molar-refractivity contribution in [2.24, 2.45) is 0 Å². The maximum Gasteiger partial charge on any atom is 0.338 e. The van der Waals surface area contributed by atoms with Gasteiger partial charge in [-0.2, -0.15) is 0 Å². The lowest BCUT2D eigenvalue weighted by atomic mass is 10.2. The molecule has 0 aliphatic rings. The molecule has 0 fully saturated rings. The lowest BCUT2D eigenvalue weighted by molar-refractivity contribution is -0.129. The average Bonchev–Trinajstić information content (AvgIpc) is 2.65. The average molecular weight is 376 g/mol. The molecule has 2 aromatic carbocycles. The lowest BCUT2D eigenvalue weighted by Crippen LogP contribution is -2.35. The Morgan fingerprint density at radius 2 is 1.81 bits per heavy atom. The quantitative estimate of drug-likeness (QED) is 0.708. The van der Waals surface area contributed by atoms with Gasteiger partial charge in [-0.15, -0.1) is 0 Å². The number of rotatable bonds is 8. The molecule has 0 radical (unpaired) electrons. The van der Waals surface area contributed by atoms with Crippen LogP contribution >= 0.6 is 11.6 Å². The molecule has 2 rings (SSSR count). The molecule has 0 aromatic heterocycles. The summed E-state index contributed by atoms with van der Waals surface area (Å²) in [6.45, 7) is 4.43. The lowest BCUT2D eigenvalue weighted by Gasteiger charge is -2.14. The van der Waals surface area contributed by atoms with E-state index in [1.807, 2.05) is 25.1 Å². The van der Waals surface area contributed by atoms with Gasteiger partial charge in [0.1, 0.15) is 5.75 Å². The summed E-state index contributed by atoms with van der Waals surface area (Å²) in [6.07, 6.45) is -0.00838. The number of benzene rings is 2. The van der Waals surface area contributed by atoms with E-state index in [1.54, 1.807) is 30.3 Å². The molecule has 138 valence electrons. The molecule has 1 atom stereocenters. The van der Waals surface area contributed by atoms with E-state index in [4.69, 9.17) is 21.1 Å². The van der Waals surface area contributed by atoms with E-state index >= 15 is 0 Å². The van der Waals surface area contributed by atoms with Crippen LogP contribution in [0.1, 0.15) is 36.2 Å². The number of esters is 1. The first-order valence-electron chi connectivity index (χ1n) is 8.46. The van der Waals surface area contributed by atoms with Crippen LogP contribution in [0.3, 0.4) is 0 Å². The number of hydrogen-bond donors (Lipinski definition) is 1. The van der Waals surface area contributed by atoms with Gasteiger partial charge in [-0.25, -0.2) is 4.79 Å². The van der Waals surface area contributed by atoms with E-state index < -0.39 is 12.1 Å². The van der Waals surface area contributed by atoms with Gasteiger partial charge >= 0.3 is 5.97 Å². The van der Waals surface area contributed by atoms with Crippen molar-refractivity contribution in [2.75, 3.05) is 6.61 Å². The molecule has 6 heteroatoms. The summed E-state index contributed by atoms with van der Waals surface area (Å²) in [5, 5.41) is 3.28. The van der Waals surface area contributed by atoms with Crippen molar-refractivity contribution in [3.8, 4) is 5.75 Å². The van der Waals surface area contributed by atoms with Gasteiger partial charge in [0.05, 0.1) is 12.2 Å². The van der Waals surface area contributed by atoms with E-state index in [-0.39, 0.29) is 12.5 Å². The largest absolute Gasteiger partial charge is 0.494 e. The molecule has 0 heterocycles. The van der Waals surface area contributed by atoms with E-state index in [1.165, 1.54) is 6.92 Å². The fourth-order valence-electron chi connectivity index (χ4n) is 2.16. The number of carbonyl (C=O) groups is 2. The number of amides is 1. The Kier molecular flexibility index (Phi) is 7.48. The van der Waals surface area contributed by atoms with Crippen LogP contribution in [0.5, 0.6) is 5.75 Å². The predicted octanol–water partition coefficient (Wildman–Crippen LogP) is 3.99. The van der Waals surface area contributed by atoms with Crippen molar-refractivity contribution in [2.45, 2.75) is 32.9 Å². The summed E-state index contributed by atoms with van der Waals surface area (Å²) in [5.41, 5.74) is 1.16. The Balaban J connectivity index is 1.85. The minimum Gasteiger partial charge on any atom is -0.494 e. The fourth-order valence-corrected chi connectivity index (χ4v) is 2.36. The Morgan fingerprint density at radius 1 is 1.12 bits per heavy atom. The van der Waals surface area contributed by atoms with Gasteiger partial charge in [0.2, 0.25) is 0 Å². The third kappa shape index (κ3) is 5.77. The highest BCUT2D eigenvalue weighted by Crippen LogP contribution is 2.15. The SMILES string of the molecule is CCCOc1ccc(C(=O)O[C@H](C)C(=O)NCc2ccccc2Cl)cc1. The van der Waals surface area contributed by atoms with Crippen molar-refractivity contribution in [3.63, 3.8) is 0 Å². The highest BCUT2D eigenvalue weighted by molar-refractivity contribution is 6.31. The molecular weight excluding hydrogens is 354 g/mol. The predicted molar refractivity (Wildman–Crippen MR) is 100 cm³/mol. The van der Waals surface area contributed by atoms with Crippen LogP contribution in [0.25, 0.3) is 0 Å². The zero-order valence-electron chi connectivity index (χ0n) is 14.8. The molecule has 0 spiro atoms. The molecule has 0 saturated heterocycles. The maximum absolute atomic E-state index is 12.1. The second kappa shape index (κ2) is 9.82. The third-order valence-corrected chi connectivity index (χ3v) is 4.00. The minimum absolute atomic E-state index is 0.268. The van der Waals surface area contributed by atoms with Gasteiger partial charge in [-0.1, -0.05) is 36.7 Å². The zero-order valence-corrected chi connectivity index (χ0v) is 15.6. The number of ether oxygens (including phenoxy) is 2. The second-order valence-electron chi connectivity index (χ2n) is 5.73. The van der Waals surface area contributed by atoms with Crippen molar-refractivity contribution in [1.82, 2.24) is 5.32 Å². The van der Waals surface area contributed by atoms with Gasteiger partial charge in [-0.05, 0) is 49.2 Å². The van der Waals surface area contributed by atoms with Gasteiger partial charge in [-0.3, -0.25) is 4.79 Å². The zero-order chi connectivity index (χ0) is 18.9. The van der Waals surface area contributed by atoms with Gasteiger partial charge in [0.15, 0.2) is 6.10 Å². The van der Waals surface area contributed by atoms with E-state index in [0.717, 1.165) is 12.0 Å². The van der Waals surface area contributed by atoms with Crippen molar-refractivity contribution >= 4 is 23.5 Å². The Bertz CT molecular complexity index is 746. The highest BCUT2D eigenvalue weighted by atomic mass is 35.5. The first-order chi connectivity index (χ1) is 12.5. The molecular formula is C20H22ClNO4. The Labute approximate surface area is 158 Å². The van der Waals surface area contributed by atoms with Crippen molar-refractivity contribution in [1.29, 1.82) is 0 Å². The Morgan fingerprint density at radius 3 is 2.46 bits per heavy atom. The molecule has 0 saturated carbocycles. The number of halogens is 1. The highest BCUT2D eigenvalue weighted by Gasteiger charge is 2.19. The van der Waals surface area contributed by atoms with Crippen LogP contribution in [-0.4, -0.2) is 24.6 Å². The summed E-state index contributed by atoms with van der Waals surface area (Å²) in [5.74, 6) is -0.262. The Hall–Kier alpha value is -2.53. The fraction of sp³-hybridized carbons (Fsp3) is 0.300. The topological polar surface area (TPSA) is 64.6 Å². The summed E-state index contributed by atoms with van der Waals surface area (Å²) in [7, 11) is 0. The molecule has 2 aromatic rings. The molecule has 0 unspecified atom stereocenters. The molecule has 1 amide bonds. The first-order valence-corrected chi connectivity index (χ1v) is 8.84. The van der Waals surface area contributed by atoms with Crippen LogP contribution in [-0.2, 0) is 16.1 Å². The van der Waals surface area contributed by atoms with Crippen LogP contribution in [0.2, 0.25) is 5.02 Å². The van der Waals surface area contributed by atoms with Gasteiger partial charge in [0, 0.05) is 11.6 Å². The maximum atomic E-state index is 12.1. The summed E-state index contributed by atoms with van der Waals surface area (Å²) >= 11 is 6.05. The van der Waals surface area contributed by atoms with Gasteiger partial charge in [0.25, 0.3) is 5.91 Å². The first kappa shape index (κ1) is 19.8. The van der Waals surface area contributed by atoms with Crippen molar-refractivity contribution < 1.29 is 19.1 Å². The van der Waals surface area contributed by atoms with E-state index in [0.29, 0.717) is 22.9 Å². The minimum atomic E-state index is -0.916. The monoisotopic (exact) mass is 375 g/mol. The number of nitrogens with one attached hydrogen (secondary N) is 1.